The number of amides is 3. The topological polar surface area (TPSA) is 129 Å². The Balaban J connectivity index is 1.40. The number of ether oxygens (including phenoxy) is 2. The van der Waals surface area contributed by atoms with E-state index in [1.54, 1.807) is 42.5 Å². The summed E-state index contributed by atoms with van der Waals surface area (Å²) in [7, 11) is 2.96. The summed E-state index contributed by atoms with van der Waals surface area (Å²) in [6.45, 7) is 0. The highest BCUT2D eigenvalue weighted by molar-refractivity contribution is 6.34. The van der Waals surface area contributed by atoms with Crippen molar-refractivity contribution in [3.8, 4) is 17.2 Å². The minimum atomic E-state index is -0.535. The summed E-state index contributed by atoms with van der Waals surface area (Å²) < 4.78 is 12.0. The first-order valence-electron chi connectivity index (χ1n) is 10.4. The van der Waals surface area contributed by atoms with Gasteiger partial charge in [-0.3, -0.25) is 14.4 Å². The van der Waals surface area contributed by atoms with E-state index in [1.165, 1.54) is 43.4 Å². The highest BCUT2D eigenvalue weighted by Crippen LogP contribution is 2.35. The number of hydrogen-bond donors (Lipinski definition) is 1. The molecule has 1 aliphatic heterocycles. The van der Waals surface area contributed by atoms with E-state index in [9.17, 15) is 14.4 Å². The molecule has 0 spiro atoms. The highest BCUT2D eigenvalue weighted by Gasteiger charge is 2.37. The minimum Gasteiger partial charge on any atom is -0.493 e. The van der Waals surface area contributed by atoms with E-state index in [4.69, 9.17) is 9.47 Å². The van der Waals surface area contributed by atoms with Crippen LogP contribution in [0.2, 0.25) is 0 Å². The lowest BCUT2D eigenvalue weighted by Crippen LogP contribution is -2.29. The number of benzene rings is 3. The molecule has 0 saturated heterocycles. The number of carbonyl (C=O) groups excluding carboxylic acids is 3. The maximum absolute atomic E-state index is 13.2. The Bertz CT molecular complexity index is 1470. The zero-order chi connectivity index (χ0) is 24.5. The third-order valence-electron chi connectivity index (χ3n) is 5.49. The number of nitrogens with one attached hydrogen (secondary N) is 1. The number of anilines is 2. The maximum atomic E-state index is 13.2. The van der Waals surface area contributed by atoms with Crippen molar-refractivity contribution in [2.24, 2.45) is 0 Å². The number of tetrazole rings is 1. The second-order valence-electron chi connectivity index (χ2n) is 7.50. The first-order valence-corrected chi connectivity index (χ1v) is 10.4. The van der Waals surface area contributed by atoms with E-state index >= 15 is 0 Å². The quantitative estimate of drug-likeness (QED) is 0.426. The first-order chi connectivity index (χ1) is 17.0. The van der Waals surface area contributed by atoms with E-state index in [1.807, 2.05) is 0 Å². The average molecular weight is 470 g/mol. The maximum Gasteiger partial charge on any atom is 0.266 e. The minimum absolute atomic E-state index is 0.139. The van der Waals surface area contributed by atoms with Crippen molar-refractivity contribution < 1.29 is 23.9 Å². The third-order valence-corrected chi connectivity index (χ3v) is 5.49. The van der Waals surface area contributed by atoms with E-state index in [-0.39, 0.29) is 16.7 Å². The molecule has 3 amide bonds. The summed E-state index contributed by atoms with van der Waals surface area (Å²) in [5.41, 5.74) is 2.08. The monoisotopic (exact) mass is 470 g/mol. The van der Waals surface area contributed by atoms with E-state index in [2.05, 4.69) is 20.8 Å². The van der Waals surface area contributed by atoms with Crippen LogP contribution in [0.15, 0.2) is 67.0 Å². The SMILES string of the molecule is COc1ccc(N2C(=O)c3ccc(C(=O)Nc4cccc(-n5cnnn5)c4)cc3C2=O)cc1OC. The van der Waals surface area contributed by atoms with Gasteiger partial charge in [0.2, 0.25) is 0 Å². The molecule has 2 heterocycles. The molecular weight excluding hydrogens is 452 g/mol. The fourth-order valence-corrected chi connectivity index (χ4v) is 3.79. The van der Waals surface area contributed by atoms with Crippen LogP contribution in [0.4, 0.5) is 11.4 Å². The van der Waals surface area contributed by atoms with Gasteiger partial charge in [-0.05, 0) is 59.0 Å². The van der Waals surface area contributed by atoms with Crippen molar-refractivity contribution in [1.82, 2.24) is 20.2 Å². The van der Waals surface area contributed by atoms with Gasteiger partial charge in [-0.15, -0.1) is 5.10 Å². The molecule has 3 aromatic carbocycles. The van der Waals surface area contributed by atoms with Crippen molar-refractivity contribution in [3.63, 3.8) is 0 Å². The van der Waals surface area contributed by atoms with E-state index < -0.39 is 17.7 Å². The Morgan fingerprint density at radius 1 is 0.857 bits per heavy atom. The van der Waals surface area contributed by atoms with Gasteiger partial charge < -0.3 is 14.8 Å². The molecule has 1 N–H and O–H groups in total. The Labute approximate surface area is 198 Å². The van der Waals surface area contributed by atoms with Crippen LogP contribution in [0.3, 0.4) is 0 Å². The van der Waals surface area contributed by atoms with Crippen molar-refractivity contribution in [3.05, 3.63) is 83.7 Å². The second-order valence-corrected chi connectivity index (χ2v) is 7.50. The zero-order valence-electron chi connectivity index (χ0n) is 18.6. The fraction of sp³-hybridized carbons (Fsp3) is 0.0833. The molecular formula is C24H18N6O5. The molecule has 0 aliphatic carbocycles. The number of nitrogens with zero attached hydrogens (tertiary/aromatic N) is 5. The van der Waals surface area contributed by atoms with Gasteiger partial charge in [0.15, 0.2) is 11.5 Å². The summed E-state index contributed by atoms with van der Waals surface area (Å²) in [4.78, 5) is 40.1. The summed E-state index contributed by atoms with van der Waals surface area (Å²) >= 11 is 0. The number of aromatic nitrogens is 4. The number of carbonyl (C=O) groups is 3. The van der Waals surface area contributed by atoms with Gasteiger partial charge in [0, 0.05) is 17.3 Å². The number of rotatable bonds is 6. The molecule has 1 aromatic heterocycles. The lowest BCUT2D eigenvalue weighted by molar-refractivity contribution is 0.0925. The molecule has 0 radical (unpaired) electrons. The Morgan fingerprint density at radius 3 is 2.40 bits per heavy atom. The molecule has 11 heteroatoms. The van der Waals surface area contributed by atoms with Gasteiger partial charge in [0.25, 0.3) is 17.7 Å². The Morgan fingerprint density at radius 2 is 1.66 bits per heavy atom. The van der Waals surface area contributed by atoms with Crippen LogP contribution >= 0.6 is 0 Å². The van der Waals surface area contributed by atoms with Gasteiger partial charge in [0.05, 0.1) is 36.7 Å². The zero-order valence-corrected chi connectivity index (χ0v) is 18.6. The predicted molar refractivity (Wildman–Crippen MR) is 124 cm³/mol. The van der Waals surface area contributed by atoms with Crippen LogP contribution in [-0.4, -0.2) is 52.1 Å². The van der Waals surface area contributed by atoms with Crippen LogP contribution in [0.5, 0.6) is 11.5 Å². The number of imide groups is 1. The lowest BCUT2D eigenvalue weighted by atomic mass is 10.1. The van der Waals surface area contributed by atoms with Gasteiger partial charge >= 0.3 is 0 Å². The molecule has 35 heavy (non-hydrogen) atoms. The molecule has 0 bridgehead atoms. The molecule has 0 unspecified atom stereocenters. The van der Waals surface area contributed by atoms with Crippen LogP contribution < -0.4 is 19.7 Å². The van der Waals surface area contributed by atoms with Crippen LogP contribution in [0.1, 0.15) is 31.1 Å². The summed E-state index contributed by atoms with van der Waals surface area (Å²) in [5.74, 6) is -0.612. The summed E-state index contributed by atoms with van der Waals surface area (Å²) in [6.07, 6.45) is 1.44. The molecule has 5 rings (SSSR count). The van der Waals surface area contributed by atoms with Crippen LogP contribution in [0, 0.1) is 0 Å². The average Bonchev–Trinajstić information content (AvgIpc) is 3.51. The van der Waals surface area contributed by atoms with Gasteiger partial charge in [-0.1, -0.05) is 6.07 Å². The Hall–Kier alpha value is -5.06. The summed E-state index contributed by atoms with van der Waals surface area (Å²) in [6, 6.07) is 16.1. The van der Waals surface area contributed by atoms with Crippen LogP contribution in [0.25, 0.3) is 5.69 Å². The normalized spacial score (nSPS) is 12.5. The lowest BCUT2D eigenvalue weighted by Gasteiger charge is -2.16. The van der Waals surface area contributed by atoms with Crippen molar-refractivity contribution in [2.75, 3.05) is 24.4 Å². The van der Waals surface area contributed by atoms with Crippen LogP contribution in [-0.2, 0) is 0 Å². The summed E-state index contributed by atoms with van der Waals surface area (Å²) in [5, 5.41) is 13.8. The second kappa shape index (κ2) is 8.71. The molecule has 0 saturated carbocycles. The van der Waals surface area contributed by atoms with Crippen molar-refractivity contribution in [1.29, 1.82) is 0 Å². The molecule has 1 aliphatic rings. The number of fused-ring (bicyclic) bond motifs is 1. The van der Waals surface area contributed by atoms with Gasteiger partial charge in [0.1, 0.15) is 6.33 Å². The molecule has 4 aromatic rings. The molecule has 0 fully saturated rings. The molecule has 174 valence electrons. The van der Waals surface area contributed by atoms with Gasteiger partial charge in [-0.2, -0.15) is 0 Å². The number of hydrogen-bond acceptors (Lipinski definition) is 8. The van der Waals surface area contributed by atoms with E-state index in [0.717, 1.165) is 4.90 Å². The van der Waals surface area contributed by atoms with Crippen molar-refractivity contribution >= 4 is 29.1 Å². The predicted octanol–water partition coefficient (Wildman–Crippen LogP) is 2.73. The molecule has 0 atom stereocenters. The first kappa shape index (κ1) is 21.8. The number of methoxy groups -OCH3 is 2. The fourth-order valence-electron chi connectivity index (χ4n) is 3.79. The molecule has 11 nitrogen and oxygen atoms in total. The highest BCUT2D eigenvalue weighted by atomic mass is 16.5. The largest absolute Gasteiger partial charge is 0.493 e. The van der Waals surface area contributed by atoms with Crippen molar-refractivity contribution in [2.45, 2.75) is 0 Å². The standard InChI is InChI=1S/C24H18N6O5/c1-34-20-9-7-17(12-21(20)35-2)30-23(32)18-8-6-14(10-19(18)24(30)33)22(31)26-15-4-3-5-16(11-15)29-13-25-27-28-29/h3-13H,1-2H3,(H,26,31). The Kier molecular flexibility index (Phi) is 5.41. The smallest absolute Gasteiger partial charge is 0.266 e. The van der Waals surface area contributed by atoms with E-state index in [0.29, 0.717) is 28.6 Å². The third kappa shape index (κ3) is 3.84. The van der Waals surface area contributed by atoms with Gasteiger partial charge in [-0.25, -0.2) is 9.58 Å².